The van der Waals surface area contributed by atoms with Gasteiger partial charge in [-0.2, -0.15) is 4.31 Å². The summed E-state index contributed by atoms with van der Waals surface area (Å²) < 4.78 is 26.8. The Morgan fingerprint density at radius 1 is 1.14 bits per heavy atom. The zero-order valence-corrected chi connectivity index (χ0v) is 14.2. The number of anilines is 1. The van der Waals surface area contributed by atoms with Crippen LogP contribution in [-0.4, -0.2) is 50.3 Å². The van der Waals surface area contributed by atoms with E-state index in [0.717, 1.165) is 26.1 Å². The van der Waals surface area contributed by atoms with Gasteiger partial charge in [-0.1, -0.05) is 30.1 Å². The van der Waals surface area contributed by atoms with E-state index in [1.165, 1.54) is 16.4 Å². The van der Waals surface area contributed by atoms with E-state index in [1.807, 2.05) is 0 Å². The van der Waals surface area contributed by atoms with Gasteiger partial charge in [0.2, 0.25) is 10.0 Å². The zero-order chi connectivity index (χ0) is 15.6. The molecule has 0 spiro atoms. The summed E-state index contributed by atoms with van der Waals surface area (Å²) in [4.78, 5) is 2.20. The standard InChI is InChI=1S/C13H19Cl2N3O2S/c1-2-3-17-4-6-18(7-5-17)21(19,20)13-11(14)8-10(16)9-12(13)15/h8-9H,2-7,16H2,1H3. The highest BCUT2D eigenvalue weighted by Gasteiger charge is 2.31. The highest BCUT2D eigenvalue weighted by molar-refractivity contribution is 7.89. The summed E-state index contributed by atoms with van der Waals surface area (Å²) in [5.41, 5.74) is 5.96. The van der Waals surface area contributed by atoms with Crippen molar-refractivity contribution >= 4 is 38.9 Å². The quantitative estimate of drug-likeness (QED) is 0.845. The SMILES string of the molecule is CCCN1CCN(S(=O)(=O)c2c(Cl)cc(N)cc2Cl)CC1. The first kappa shape index (κ1) is 16.8. The molecule has 0 aliphatic carbocycles. The van der Waals surface area contributed by atoms with Crippen molar-refractivity contribution in [2.24, 2.45) is 0 Å². The van der Waals surface area contributed by atoms with Gasteiger partial charge in [-0.15, -0.1) is 0 Å². The van der Waals surface area contributed by atoms with Crippen LogP contribution in [0.5, 0.6) is 0 Å². The van der Waals surface area contributed by atoms with Gasteiger partial charge in [0.15, 0.2) is 0 Å². The molecule has 0 saturated carbocycles. The van der Waals surface area contributed by atoms with Crippen LogP contribution in [0.4, 0.5) is 5.69 Å². The lowest BCUT2D eigenvalue weighted by atomic mass is 10.3. The van der Waals surface area contributed by atoms with E-state index in [2.05, 4.69) is 11.8 Å². The number of nitrogens with zero attached hydrogens (tertiary/aromatic N) is 2. The number of nitrogens with two attached hydrogens (primary N) is 1. The summed E-state index contributed by atoms with van der Waals surface area (Å²) in [7, 11) is -3.69. The van der Waals surface area contributed by atoms with Crippen LogP contribution >= 0.6 is 23.2 Å². The van der Waals surface area contributed by atoms with Crippen molar-refractivity contribution in [2.45, 2.75) is 18.2 Å². The molecule has 0 amide bonds. The van der Waals surface area contributed by atoms with Gasteiger partial charge in [0.1, 0.15) is 4.90 Å². The average Bonchev–Trinajstić information content (AvgIpc) is 2.38. The maximum atomic E-state index is 12.7. The molecule has 0 radical (unpaired) electrons. The summed E-state index contributed by atoms with van der Waals surface area (Å²) in [6.45, 7) is 5.42. The summed E-state index contributed by atoms with van der Waals surface area (Å²) in [6.07, 6.45) is 1.06. The molecule has 1 aromatic rings. The molecule has 1 fully saturated rings. The third-order valence-corrected chi connectivity index (χ3v) is 6.31. The van der Waals surface area contributed by atoms with Crippen molar-refractivity contribution in [3.63, 3.8) is 0 Å². The number of hydrogen-bond acceptors (Lipinski definition) is 4. The summed E-state index contributed by atoms with van der Waals surface area (Å²) in [6, 6.07) is 2.82. The minimum atomic E-state index is -3.69. The first-order chi connectivity index (χ1) is 9.86. The number of nitrogen functional groups attached to an aromatic ring is 1. The van der Waals surface area contributed by atoms with E-state index in [9.17, 15) is 8.42 Å². The maximum absolute atomic E-state index is 12.7. The summed E-state index contributed by atoms with van der Waals surface area (Å²) >= 11 is 12.1. The van der Waals surface area contributed by atoms with Crippen molar-refractivity contribution in [3.05, 3.63) is 22.2 Å². The molecule has 0 atom stereocenters. The van der Waals surface area contributed by atoms with Crippen LogP contribution in [0.25, 0.3) is 0 Å². The Balaban J connectivity index is 2.24. The van der Waals surface area contributed by atoms with Gasteiger partial charge < -0.3 is 10.6 Å². The van der Waals surface area contributed by atoms with Crippen LogP contribution < -0.4 is 5.73 Å². The molecule has 0 aromatic heterocycles. The Labute approximate surface area is 135 Å². The van der Waals surface area contributed by atoms with Crippen molar-refractivity contribution in [2.75, 3.05) is 38.5 Å². The molecule has 2 N–H and O–H groups in total. The second-order valence-electron chi connectivity index (χ2n) is 5.06. The number of sulfonamides is 1. The molecule has 8 heteroatoms. The van der Waals surface area contributed by atoms with Gasteiger partial charge in [-0.05, 0) is 25.1 Å². The second-order valence-corrected chi connectivity index (χ2v) is 7.75. The summed E-state index contributed by atoms with van der Waals surface area (Å²) in [5, 5.41) is 0.131. The Kier molecular flexibility index (Phi) is 5.38. The van der Waals surface area contributed by atoms with Gasteiger partial charge in [-0.3, -0.25) is 0 Å². The molecule has 0 bridgehead atoms. The molecule has 0 unspecified atom stereocenters. The predicted molar refractivity (Wildman–Crippen MR) is 86.4 cm³/mol. The fourth-order valence-electron chi connectivity index (χ4n) is 2.46. The molecular formula is C13H19Cl2N3O2S. The number of hydrogen-bond donors (Lipinski definition) is 1. The molecule has 1 heterocycles. The minimum absolute atomic E-state index is 0.0519. The molecule has 1 aliphatic rings. The fraction of sp³-hybridized carbons (Fsp3) is 0.538. The number of halogens is 2. The highest BCUT2D eigenvalue weighted by atomic mass is 35.5. The lowest BCUT2D eigenvalue weighted by Gasteiger charge is -2.34. The Bertz CT molecular complexity index is 591. The van der Waals surface area contributed by atoms with Crippen molar-refractivity contribution < 1.29 is 8.42 Å². The van der Waals surface area contributed by atoms with Crippen LogP contribution in [-0.2, 0) is 10.0 Å². The van der Waals surface area contributed by atoms with Crippen molar-refractivity contribution in [1.29, 1.82) is 0 Å². The molecule has 1 aliphatic heterocycles. The van der Waals surface area contributed by atoms with Gasteiger partial charge in [0.05, 0.1) is 10.0 Å². The first-order valence-corrected chi connectivity index (χ1v) is 9.03. The van der Waals surface area contributed by atoms with E-state index in [1.54, 1.807) is 0 Å². The third kappa shape index (κ3) is 3.63. The normalized spacial score (nSPS) is 18.0. The molecule has 1 saturated heterocycles. The topological polar surface area (TPSA) is 66.6 Å². The minimum Gasteiger partial charge on any atom is -0.399 e. The van der Waals surface area contributed by atoms with Crippen molar-refractivity contribution in [3.8, 4) is 0 Å². The van der Waals surface area contributed by atoms with Gasteiger partial charge in [0.25, 0.3) is 0 Å². The maximum Gasteiger partial charge on any atom is 0.246 e. The molecule has 2 rings (SSSR count). The van der Waals surface area contributed by atoms with Crippen LogP contribution in [0.3, 0.4) is 0 Å². The Morgan fingerprint density at radius 3 is 2.14 bits per heavy atom. The van der Waals surface area contributed by atoms with E-state index >= 15 is 0 Å². The van der Waals surface area contributed by atoms with Crippen LogP contribution in [0.1, 0.15) is 13.3 Å². The van der Waals surface area contributed by atoms with Gasteiger partial charge >= 0.3 is 0 Å². The monoisotopic (exact) mass is 351 g/mol. The van der Waals surface area contributed by atoms with E-state index in [4.69, 9.17) is 28.9 Å². The zero-order valence-electron chi connectivity index (χ0n) is 11.8. The number of piperazine rings is 1. The van der Waals surface area contributed by atoms with Crippen LogP contribution in [0.15, 0.2) is 17.0 Å². The lowest BCUT2D eigenvalue weighted by Crippen LogP contribution is -2.48. The fourth-order valence-corrected chi connectivity index (χ4v) is 5.07. The average molecular weight is 352 g/mol. The number of rotatable bonds is 4. The van der Waals surface area contributed by atoms with Crippen molar-refractivity contribution in [1.82, 2.24) is 9.21 Å². The Hall–Kier alpha value is -0.530. The van der Waals surface area contributed by atoms with Crippen LogP contribution in [0.2, 0.25) is 10.0 Å². The van der Waals surface area contributed by atoms with E-state index in [0.29, 0.717) is 18.8 Å². The molecule has 118 valence electrons. The van der Waals surface area contributed by atoms with Gasteiger partial charge in [0, 0.05) is 31.9 Å². The lowest BCUT2D eigenvalue weighted by molar-refractivity contribution is 0.188. The third-order valence-electron chi connectivity index (χ3n) is 3.49. The molecule has 1 aromatic carbocycles. The van der Waals surface area contributed by atoms with Crippen LogP contribution in [0, 0.1) is 0 Å². The second kappa shape index (κ2) is 6.71. The first-order valence-electron chi connectivity index (χ1n) is 6.83. The smallest absolute Gasteiger partial charge is 0.246 e. The number of benzene rings is 1. The summed E-state index contributed by atoms with van der Waals surface area (Å²) in [5.74, 6) is 0. The largest absolute Gasteiger partial charge is 0.399 e. The Morgan fingerprint density at radius 2 is 1.67 bits per heavy atom. The van der Waals surface area contributed by atoms with E-state index < -0.39 is 10.0 Å². The molecular weight excluding hydrogens is 333 g/mol. The molecule has 5 nitrogen and oxygen atoms in total. The van der Waals surface area contributed by atoms with E-state index in [-0.39, 0.29) is 14.9 Å². The van der Waals surface area contributed by atoms with Gasteiger partial charge in [-0.25, -0.2) is 8.42 Å². The predicted octanol–water partition coefficient (Wildman–Crippen LogP) is 2.29. The highest BCUT2D eigenvalue weighted by Crippen LogP contribution is 2.34. The molecule has 21 heavy (non-hydrogen) atoms.